The summed E-state index contributed by atoms with van der Waals surface area (Å²) in [4.78, 5) is 2.58. The zero-order valence-corrected chi connectivity index (χ0v) is 11.2. The van der Waals surface area contributed by atoms with Crippen molar-refractivity contribution >= 4 is 0 Å². The third-order valence-corrected chi connectivity index (χ3v) is 4.26. The predicted octanol–water partition coefficient (Wildman–Crippen LogP) is 3.72. The van der Waals surface area contributed by atoms with Gasteiger partial charge in [-0.25, -0.2) is 0 Å². The second-order valence-corrected chi connectivity index (χ2v) is 5.47. The zero-order chi connectivity index (χ0) is 12.4. The lowest BCUT2D eigenvalue weighted by Crippen LogP contribution is -2.28. The summed E-state index contributed by atoms with van der Waals surface area (Å²) in [5.41, 5.74) is 2.74. The Labute approximate surface area is 105 Å². The molecular formula is C16H23N. The summed E-state index contributed by atoms with van der Waals surface area (Å²) < 4.78 is 0. The SMILES string of the molecule is C=C(C)[C@H]1CN(Cc2ccccc2)[C@H](C)[C@H]1C. The lowest BCUT2D eigenvalue weighted by molar-refractivity contribution is 0.239. The molecule has 0 aliphatic carbocycles. The maximum absolute atomic E-state index is 4.14. The first-order chi connectivity index (χ1) is 8.09. The number of hydrogen-bond acceptors (Lipinski definition) is 1. The highest BCUT2D eigenvalue weighted by Gasteiger charge is 2.35. The van der Waals surface area contributed by atoms with E-state index in [1.807, 2.05) is 0 Å². The summed E-state index contributed by atoms with van der Waals surface area (Å²) in [7, 11) is 0. The molecule has 1 saturated heterocycles. The Kier molecular flexibility index (Phi) is 3.68. The number of benzene rings is 1. The molecule has 92 valence electrons. The van der Waals surface area contributed by atoms with E-state index in [0.29, 0.717) is 12.0 Å². The highest BCUT2D eigenvalue weighted by molar-refractivity contribution is 5.16. The van der Waals surface area contributed by atoms with Gasteiger partial charge >= 0.3 is 0 Å². The molecule has 0 unspecified atom stereocenters. The summed E-state index contributed by atoms with van der Waals surface area (Å²) in [5, 5.41) is 0. The van der Waals surface area contributed by atoms with Gasteiger partial charge < -0.3 is 0 Å². The summed E-state index contributed by atoms with van der Waals surface area (Å²) in [5.74, 6) is 1.38. The fourth-order valence-corrected chi connectivity index (χ4v) is 2.89. The summed E-state index contributed by atoms with van der Waals surface area (Å²) in [6.07, 6.45) is 0. The first-order valence-corrected chi connectivity index (χ1v) is 6.53. The van der Waals surface area contributed by atoms with Crippen molar-refractivity contribution in [1.82, 2.24) is 4.90 Å². The summed E-state index contributed by atoms with van der Waals surface area (Å²) in [6.45, 7) is 13.2. The van der Waals surface area contributed by atoms with Crippen LogP contribution in [0.4, 0.5) is 0 Å². The first-order valence-electron chi connectivity index (χ1n) is 6.53. The lowest BCUT2D eigenvalue weighted by Gasteiger charge is -2.22. The standard InChI is InChI=1S/C16H23N/c1-12(2)16-11-17(14(4)13(16)3)10-15-8-6-5-7-9-15/h5-9,13-14,16H,1,10-11H2,2-4H3/t13-,14-,16-/m1/s1. The van der Waals surface area contributed by atoms with E-state index in [2.05, 4.69) is 62.6 Å². The van der Waals surface area contributed by atoms with Crippen molar-refractivity contribution in [2.75, 3.05) is 6.54 Å². The van der Waals surface area contributed by atoms with Gasteiger partial charge in [0.2, 0.25) is 0 Å². The van der Waals surface area contributed by atoms with Crippen molar-refractivity contribution in [2.45, 2.75) is 33.4 Å². The molecule has 0 N–H and O–H groups in total. The summed E-state index contributed by atoms with van der Waals surface area (Å²) in [6, 6.07) is 11.4. The molecule has 2 rings (SSSR count). The Bertz CT molecular complexity index is 382. The van der Waals surface area contributed by atoms with Crippen LogP contribution in [-0.2, 0) is 6.54 Å². The zero-order valence-electron chi connectivity index (χ0n) is 11.2. The Morgan fingerprint density at radius 3 is 2.47 bits per heavy atom. The topological polar surface area (TPSA) is 3.24 Å². The van der Waals surface area contributed by atoms with Crippen LogP contribution in [0.1, 0.15) is 26.3 Å². The van der Waals surface area contributed by atoms with Crippen LogP contribution < -0.4 is 0 Å². The van der Waals surface area contributed by atoms with Crippen molar-refractivity contribution in [2.24, 2.45) is 11.8 Å². The van der Waals surface area contributed by atoms with E-state index in [1.54, 1.807) is 0 Å². The van der Waals surface area contributed by atoms with Crippen LogP contribution in [0.2, 0.25) is 0 Å². The monoisotopic (exact) mass is 229 g/mol. The van der Waals surface area contributed by atoms with Gasteiger partial charge in [0.25, 0.3) is 0 Å². The number of rotatable bonds is 3. The molecule has 0 spiro atoms. The predicted molar refractivity (Wildman–Crippen MR) is 73.8 cm³/mol. The Morgan fingerprint density at radius 1 is 1.29 bits per heavy atom. The Balaban J connectivity index is 2.06. The second-order valence-electron chi connectivity index (χ2n) is 5.47. The average molecular weight is 229 g/mol. The van der Waals surface area contributed by atoms with E-state index >= 15 is 0 Å². The molecule has 0 aromatic heterocycles. The Hall–Kier alpha value is -1.08. The highest BCUT2D eigenvalue weighted by atomic mass is 15.2. The van der Waals surface area contributed by atoms with E-state index in [-0.39, 0.29) is 0 Å². The fourth-order valence-electron chi connectivity index (χ4n) is 2.89. The molecule has 1 heteroatoms. The van der Waals surface area contributed by atoms with Gasteiger partial charge in [-0.2, -0.15) is 0 Å². The molecule has 1 nitrogen and oxygen atoms in total. The van der Waals surface area contributed by atoms with E-state index < -0.39 is 0 Å². The highest BCUT2D eigenvalue weighted by Crippen LogP contribution is 2.34. The van der Waals surface area contributed by atoms with Gasteiger partial charge in [0, 0.05) is 19.1 Å². The van der Waals surface area contributed by atoms with Crippen LogP contribution in [0, 0.1) is 11.8 Å². The molecule has 1 aromatic carbocycles. The van der Waals surface area contributed by atoms with Crippen LogP contribution in [0.25, 0.3) is 0 Å². The van der Waals surface area contributed by atoms with Gasteiger partial charge in [-0.05, 0) is 31.2 Å². The van der Waals surface area contributed by atoms with E-state index in [9.17, 15) is 0 Å². The minimum atomic E-state index is 0.650. The smallest absolute Gasteiger partial charge is 0.0236 e. The van der Waals surface area contributed by atoms with Gasteiger partial charge in [0.05, 0.1) is 0 Å². The minimum absolute atomic E-state index is 0.650. The minimum Gasteiger partial charge on any atom is -0.296 e. The number of hydrogen-bond donors (Lipinski definition) is 0. The largest absolute Gasteiger partial charge is 0.296 e. The van der Waals surface area contributed by atoms with Crippen LogP contribution in [-0.4, -0.2) is 17.5 Å². The van der Waals surface area contributed by atoms with Crippen molar-refractivity contribution in [1.29, 1.82) is 0 Å². The second kappa shape index (κ2) is 5.05. The quantitative estimate of drug-likeness (QED) is 0.714. The maximum atomic E-state index is 4.14. The number of nitrogens with zero attached hydrogens (tertiary/aromatic N) is 1. The molecule has 3 atom stereocenters. The van der Waals surface area contributed by atoms with Crippen LogP contribution >= 0.6 is 0 Å². The molecule has 1 aliphatic heterocycles. The third-order valence-electron chi connectivity index (χ3n) is 4.26. The van der Waals surface area contributed by atoms with Gasteiger partial charge in [0.1, 0.15) is 0 Å². The van der Waals surface area contributed by atoms with Crippen LogP contribution in [0.5, 0.6) is 0 Å². The van der Waals surface area contributed by atoms with Gasteiger partial charge in [-0.1, -0.05) is 49.4 Å². The van der Waals surface area contributed by atoms with Gasteiger partial charge in [0.15, 0.2) is 0 Å². The number of likely N-dealkylation sites (tertiary alicyclic amines) is 1. The van der Waals surface area contributed by atoms with Crippen molar-refractivity contribution in [3.63, 3.8) is 0 Å². The maximum Gasteiger partial charge on any atom is 0.0236 e. The van der Waals surface area contributed by atoms with Gasteiger partial charge in [-0.3, -0.25) is 4.90 Å². The van der Waals surface area contributed by atoms with Crippen LogP contribution in [0.15, 0.2) is 42.5 Å². The molecule has 1 fully saturated rings. The van der Waals surface area contributed by atoms with E-state index in [4.69, 9.17) is 0 Å². The molecule has 0 amide bonds. The van der Waals surface area contributed by atoms with Crippen molar-refractivity contribution in [3.05, 3.63) is 48.0 Å². The molecule has 0 saturated carbocycles. The van der Waals surface area contributed by atoms with Crippen molar-refractivity contribution in [3.8, 4) is 0 Å². The fraction of sp³-hybridized carbons (Fsp3) is 0.500. The third kappa shape index (κ3) is 2.61. The molecule has 1 aromatic rings. The lowest BCUT2D eigenvalue weighted by atomic mass is 9.88. The molecule has 1 heterocycles. The molecular weight excluding hydrogens is 206 g/mol. The molecule has 17 heavy (non-hydrogen) atoms. The summed E-state index contributed by atoms with van der Waals surface area (Å²) >= 11 is 0. The Morgan fingerprint density at radius 2 is 1.94 bits per heavy atom. The van der Waals surface area contributed by atoms with E-state index in [1.165, 1.54) is 11.1 Å². The molecule has 1 aliphatic rings. The normalized spacial score (nSPS) is 29.5. The average Bonchev–Trinajstić information content (AvgIpc) is 2.59. The van der Waals surface area contributed by atoms with E-state index in [0.717, 1.165) is 19.0 Å². The first kappa shape index (κ1) is 12.4. The van der Waals surface area contributed by atoms with Crippen molar-refractivity contribution < 1.29 is 0 Å². The van der Waals surface area contributed by atoms with Gasteiger partial charge in [-0.15, -0.1) is 0 Å². The van der Waals surface area contributed by atoms with Crippen LogP contribution in [0.3, 0.4) is 0 Å². The molecule has 0 radical (unpaired) electrons. The molecule has 0 bridgehead atoms.